The molecule has 0 saturated carbocycles. The van der Waals surface area contributed by atoms with Crippen LogP contribution in [0.3, 0.4) is 0 Å². The smallest absolute Gasteiger partial charge is 0.331 e. The highest BCUT2D eigenvalue weighted by Gasteiger charge is 2.33. The summed E-state index contributed by atoms with van der Waals surface area (Å²) in [6, 6.07) is 11.0. The van der Waals surface area contributed by atoms with E-state index in [1.807, 2.05) is 4.72 Å². The van der Waals surface area contributed by atoms with E-state index < -0.39 is 50.5 Å². The highest BCUT2D eigenvalue weighted by molar-refractivity contribution is 7.99. The number of nitrogens with zero attached hydrogens (tertiary/aromatic N) is 1. The Balaban J connectivity index is 0.00000420. The van der Waals surface area contributed by atoms with Crippen LogP contribution in [0.1, 0.15) is 29.0 Å². The van der Waals surface area contributed by atoms with Crippen molar-refractivity contribution in [3.05, 3.63) is 93.8 Å². The molecule has 2 aromatic carbocycles. The van der Waals surface area contributed by atoms with E-state index in [-0.39, 0.29) is 47.3 Å². The van der Waals surface area contributed by atoms with Crippen molar-refractivity contribution in [2.75, 3.05) is 17.8 Å². The minimum atomic E-state index is -4.74. The van der Waals surface area contributed by atoms with Crippen molar-refractivity contribution in [1.29, 1.82) is 0 Å². The second-order valence-electron chi connectivity index (χ2n) is 8.29. The van der Waals surface area contributed by atoms with Crippen LogP contribution >= 0.6 is 11.8 Å². The van der Waals surface area contributed by atoms with Crippen LogP contribution in [-0.2, 0) is 22.7 Å². The van der Waals surface area contributed by atoms with Crippen molar-refractivity contribution in [3.63, 3.8) is 0 Å². The Hall–Kier alpha value is -3.58. The summed E-state index contributed by atoms with van der Waals surface area (Å²) >= 11 is 1.24. The number of amides is 1. The molecule has 4 aromatic rings. The van der Waals surface area contributed by atoms with Gasteiger partial charge in [-0.25, -0.2) is 17.5 Å². The lowest BCUT2D eigenvalue weighted by atomic mass is 10.0. The first-order valence-corrected chi connectivity index (χ1v) is 14.2. The number of hydrogen-bond acceptors (Lipinski definition) is 5. The largest absolute Gasteiger partial charge is 0.416 e. The molecule has 39 heavy (non-hydrogen) atoms. The SMILES string of the molecule is C.CSCCS(=O)(=O)NC(=O)c1c(-c2ccc[nH]c2=O)c2cc(C(F)(F)F)ccc2n1Cc1ccccc1F. The number of fused-ring (bicyclic) bond motifs is 1. The van der Waals surface area contributed by atoms with Gasteiger partial charge in [-0.1, -0.05) is 25.6 Å². The maximum Gasteiger partial charge on any atom is 0.416 e. The van der Waals surface area contributed by atoms with Crippen molar-refractivity contribution in [2.45, 2.75) is 20.1 Å². The number of sulfonamides is 1. The maximum atomic E-state index is 14.6. The van der Waals surface area contributed by atoms with Crippen LogP contribution in [0.15, 0.2) is 65.6 Å². The third-order valence-electron chi connectivity index (χ3n) is 5.78. The van der Waals surface area contributed by atoms with Gasteiger partial charge < -0.3 is 9.55 Å². The van der Waals surface area contributed by atoms with E-state index in [4.69, 9.17) is 0 Å². The van der Waals surface area contributed by atoms with Crippen LogP contribution in [0.25, 0.3) is 22.0 Å². The van der Waals surface area contributed by atoms with E-state index in [0.717, 1.165) is 18.2 Å². The number of aromatic amines is 1. The van der Waals surface area contributed by atoms with Gasteiger partial charge in [-0.15, -0.1) is 0 Å². The lowest BCUT2D eigenvalue weighted by Gasteiger charge is -2.14. The van der Waals surface area contributed by atoms with Gasteiger partial charge in [0.05, 0.1) is 17.9 Å². The standard InChI is InChI=1S/C25H21F4N3O4S2.CH4/c1-37-11-12-38(35,36)31-24(34)22-21(17-6-4-10-30-23(17)33)18-13-16(25(27,28)29)8-9-20(18)32(22)14-15-5-2-3-7-19(15)26;/h2-10,13H,11-12,14H2,1H3,(H,30,33)(H,31,34);1H4. The zero-order chi connectivity index (χ0) is 27.7. The Morgan fingerprint density at radius 1 is 1.10 bits per heavy atom. The van der Waals surface area contributed by atoms with Crippen LogP contribution < -0.4 is 10.3 Å². The quantitative estimate of drug-likeness (QED) is 0.276. The Labute approximate surface area is 226 Å². The van der Waals surface area contributed by atoms with E-state index >= 15 is 0 Å². The summed E-state index contributed by atoms with van der Waals surface area (Å²) in [4.78, 5) is 28.7. The first-order valence-electron chi connectivity index (χ1n) is 11.1. The Morgan fingerprint density at radius 2 is 1.82 bits per heavy atom. The molecule has 1 amide bonds. The molecular formula is C26H25F4N3O4S2. The predicted octanol–water partition coefficient (Wildman–Crippen LogP) is 5.26. The van der Waals surface area contributed by atoms with Crippen LogP contribution in [0.5, 0.6) is 0 Å². The number of aromatic nitrogens is 2. The van der Waals surface area contributed by atoms with E-state index in [0.29, 0.717) is 0 Å². The van der Waals surface area contributed by atoms with Crippen LogP contribution in [0.4, 0.5) is 17.6 Å². The van der Waals surface area contributed by atoms with Gasteiger partial charge >= 0.3 is 6.18 Å². The fourth-order valence-corrected chi connectivity index (χ4v) is 6.08. The molecule has 13 heteroatoms. The molecule has 0 saturated heterocycles. The van der Waals surface area contributed by atoms with E-state index in [2.05, 4.69) is 4.98 Å². The van der Waals surface area contributed by atoms with Gasteiger partial charge in [0, 0.05) is 39.5 Å². The molecule has 2 aromatic heterocycles. The highest BCUT2D eigenvalue weighted by Crippen LogP contribution is 2.38. The summed E-state index contributed by atoms with van der Waals surface area (Å²) in [5, 5.41) is -0.125. The van der Waals surface area contributed by atoms with Crippen molar-refractivity contribution in [2.24, 2.45) is 0 Å². The summed E-state index contributed by atoms with van der Waals surface area (Å²) in [5.74, 6) is -2.02. The second-order valence-corrected chi connectivity index (χ2v) is 11.1. The van der Waals surface area contributed by atoms with Gasteiger partial charge in [0.2, 0.25) is 10.0 Å². The van der Waals surface area contributed by atoms with Crippen molar-refractivity contribution in [1.82, 2.24) is 14.3 Å². The lowest BCUT2D eigenvalue weighted by Crippen LogP contribution is -2.35. The number of rotatable bonds is 8. The number of carbonyl (C=O) groups excluding carboxylic acids is 1. The number of thioether (sulfide) groups is 1. The van der Waals surface area contributed by atoms with Crippen molar-refractivity contribution < 1.29 is 30.8 Å². The second kappa shape index (κ2) is 11.7. The first-order chi connectivity index (χ1) is 17.9. The number of hydrogen-bond donors (Lipinski definition) is 2. The summed E-state index contributed by atoms with van der Waals surface area (Å²) in [5.41, 5.74) is -2.34. The third-order valence-corrected chi connectivity index (χ3v) is 7.89. The summed E-state index contributed by atoms with van der Waals surface area (Å²) in [6.45, 7) is -0.326. The number of nitrogens with one attached hydrogen (secondary N) is 2. The Bertz CT molecular complexity index is 1680. The molecule has 0 aliphatic rings. The van der Waals surface area contributed by atoms with Gasteiger partial charge in [-0.05, 0) is 42.7 Å². The normalized spacial score (nSPS) is 11.8. The summed E-state index contributed by atoms with van der Waals surface area (Å²) < 4.78 is 83.9. The molecule has 0 fully saturated rings. The first kappa shape index (κ1) is 30.0. The number of alkyl halides is 3. The van der Waals surface area contributed by atoms with Gasteiger partial charge in [0.1, 0.15) is 11.5 Å². The lowest BCUT2D eigenvalue weighted by molar-refractivity contribution is -0.137. The van der Waals surface area contributed by atoms with Crippen molar-refractivity contribution >= 4 is 38.6 Å². The highest BCUT2D eigenvalue weighted by atomic mass is 32.2. The number of pyridine rings is 1. The van der Waals surface area contributed by atoms with Gasteiger partial charge in [0.15, 0.2) is 0 Å². The summed E-state index contributed by atoms with van der Waals surface area (Å²) in [7, 11) is -4.14. The number of H-pyrrole nitrogens is 1. The predicted molar refractivity (Wildman–Crippen MR) is 145 cm³/mol. The monoisotopic (exact) mass is 583 g/mol. The average molecular weight is 584 g/mol. The molecule has 0 spiro atoms. The van der Waals surface area contributed by atoms with Gasteiger partial charge in [-0.2, -0.15) is 24.9 Å². The molecule has 0 bridgehead atoms. The molecule has 0 aliphatic carbocycles. The molecule has 0 aliphatic heterocycles. The third kappa shape index (κ3) is 6.36. The van der Waals surface area contributed by atoms with Crippen LogP contribution in [0, 0.1) is 5.82 Å². The van der Waals surface area contributed by atoms with Crippen LogP contribution in [0.2, 0.25) is 0 Å². The molecule has 7 nitrogen and oxygen atoms in total. The molecular weight excluding hydrogens is 558 g/mol. The summed E-state index contributed by atoms with van der Waals surface area (Å²) in [6.07, 6.45) is -1.76. The number of carbonyl (C=O) groups is 1. The molecule has 0 atom stereocenters. The van der Waals surface area contributed by atoms with E-state index in [9.17, 15) is 35.6 Å². The van der Waals surface area contributed by atoms with Gasteiger partial charge in [0.25, 0.3) is 11.5 Å². The molecule has 4 rings (SSSR count). The van der Waals surface area contributed by atoms with Crippen LogP contribution in [-0.4, -0.2) is 41.6 Å². The Morgan fingerprint density at radius 3 is 2.46 bits per heavy atom. The van der Waals surface area contributed by atoms with Crippen molar-refractivity contribution in [3.8, 4) is 11.1 Å². The molecule has 2 heterocycles. The average Bonchev–Trinajstić information content (AvgIpc) is 3.17. The number of benzene rings is 2. The zero-order valence-corrected chi connectivity index (χ0v) is 21.4. The molecule has 2 N–H and O–H groups in total. The molecule has 208 valence electrons. The number of halogens is 4. The molecule has 0 unspecified atom stereocenters. The molecule has 0 radical (unpaired) electrons. The van der Waals surface area contributed by atoms with Gasteiger partial charge in [-0.3, -0.25) is 9.59 Å². The minimum absolute atomic E-state index is 0. The fraction of sp³-hybridized carbons (Fsp3) is 0.231. The zero-order valence-electron chi connectivity index (χ0n) is 19.8. The minimum Gasteiger partial charge on any atom is -0.331 e. The Kier molecular flexibility index (Phi) is 8.96. The maximum absolute atomic E-state index is 14.6. The topological polar surface area (TPSA) is 101 Å². The van der Waals surface area contributed by atoms with E-state index in [1.165, 1.54) is 52.9 Å². The van der Waals surface area contributed by atoms with E-state index in [1.54, 1.807) is 12.3 Å². The fourth-order valence-electron chi connectivity index (χ4n) is 4.05.